The molecular formula is C19H21F2N5O. The predicted molar refractivity (Wildman–Crippen MR) is 98.0 cm³/mol. The topological polar surface area (TPSA) is 58.3 Å². The molecule has 27 heavy (non-hydrogen) atoms. The first-order valence-corrected chi connectivity index (χ1v) is 8.95. The number of alkyl halides is 2. The summed E-state index contributed by atoms with van der Waals surface area (Å²) in [5.41, 5.74) is 2.65. The zero-order valence-electron chi connectivity index (χ0n) is 15.3. The van der Waals surface area contributed by atoms with Crippen molar-refractivity contribution >= 4 is 16.9 Å². The molecule has 3 aromatic rings. The summed E-state index contributed by atoms with van der Waals surface area (Å²) in [6, 6.07) is 4.67. The van der Waals surface area contributed by atoms with Gasteiger partial charge in [0, 0.05) is 37.4 Å². The fourth-order valence-electron chi connectivity index (χ4n) is 3.41. The first kappa shape index (κ1) is 17.8. The van der Waals surface area contributed by atoms with Gasteiger partial charge in [0.1, 0.15) is 17.7 Å². The van der Waals surface area contributed by atoms with Crippen LogP contribution in [0.1, 0.15) is 29.1 Å². The van der Waals surface area contributed by atoms with Gasteiger partial charge >= 0.3 is 0 Å². The number of piperazine rings is 1. The molecule has 1 saturated heterocycles. The number of hydrogen-bond acceptors (Lipinski definition) is 6. The highest BCUT2D eigenvalue weighted by molar-refractivity contribution is 5.76. The second-order valence-corrected chi connectivity index (χ2v) is 6.77. The molecule has 0 radical (unpaired) electrons. The van der Waals surface area contributed by atoms with Crippen LogP contribution in [0, 0.1) is 13.8 Å². The number of para-hydroxylation sites is 1. The van der Waals surface area contributed by atoms with E-state index in [-0.39, 0.29) is 11.1 Å². The highest BCUT2D eigenvalue weighted by Crippen LogP contribution is 2.29. The van der Waals surface area contributed by atoms with E-state index in [4.69, 9.17) is 4.42 Å². The fraction of sp³-hybridized carbons (Fsp3) is 0.421. The Morgan fingerprint density at radius 2 is 1.89 bits per heavy atom. The monoisotopic (exact) mass is 373 g/mol. The van der Waals surface area contributed by atoms with Crippen LogP contribution in [0.3, 0.4) is 0 Å². The number of fused-ring (bicyclic) bond motifs is 1. The molecule has 8 heteroatoms. The highest BCUT2D eigenvalue weighted by Gasteiger charge is 2.22. The predicted octanol–water partition coefficient (Wildman–Crippen LogP) is 3.49. The first-order chi connectivity index (χ1) is 13.0. The molecule has 2 aromatic heterocycles. The van der Waals surface area contributed by atoms with E-state index in [0.29, 0.717) is 18.0 Å². The van der Waals surface area contributed by atoms with E-state index in [0.717, 1.165) is 43.3 Å². The SMILES string of the molecule is Cc1ncnc(N2CCN(Cc3nc4cccc(C(F)F)c4o3)CC2)c1C. The summed E-state index contributed by atoms with van der Waals surface area (Å²) >= 11 is 0. The molecule has 0 amide bonds. The van der Waals surface area contributed by atoms with Crippen LogP contribution >= 0.6 is 0 Å². The summed E-state index contributed by atoms with van der Waals surface area (Å²) in [5.74, 6) is 1.45. The molecule has 1 aliphatic heterocycles. The Hall–Kier alpha value is -2.61. The van der Waals surface area contributed by atoms with Crippen molar-refractivity contribution in [3.8, 4) is 0 Å². The number of oxazole rings is 1. The Labute approximate surface area is 155 Å². The molecule has 0 N–H and O–H groups in total. The summed E-state index contributed by atoms with van der Waals surface area (Å²) in [6.45, 7) is 7.84. The van der Waals surface area contributed by atoms with Crippen LogP contribution in [0.4, 0.5) is 14.6 Å². The van der Waals surface area contributed by atoms with Crippen molar-refractivity contribution in [3.63, 3.8) is 0 Å². The van der Waals surface area contributed by atoms with Crippen LogP contribution in [-0.4, -0.2) is 46.0 Å². The molecule has 0 unspecified atom stereocenters. The Kier molecular flexibility index (Phi) is 4.73. The van der Waals surface area contributed by atoms with Crippen molar-refractivity contribution in [3.05, 3.63) is 47.2 Å². The molecular weight excluding hydrogens is 352 g/mol. The zero-order chi connectivity index (χ0) is 19.0. The van der Waals surface area contributed by atoms with E-state index in [9.17, 15) is 8.78 Å². The fourth-order valence-corrected chi connectivity index (χ4v) is 3.41. The van der Waals surface area contributed by atoms with Crippen molar-refractivity contribution in [1.29, 1.82) is 0 Å². The second kappa shape index (κ2) is 7.19. The Bertz CT molecular complexity index is 950. The van der Waals surface area contributed by atoms with E-state index in [1.54, 1.807) is 18.5 Å². The van der Waals surface area contributed by atoms with E-state index >= 15 is 0 Å². The van der Waals surface area contributed by atoms with Gasteiger partial charge in [0.15, 0.2) is 5.58 Å². The lowest BCUT2D eigenvalue weighted by Crippen LogP contribution is -2.46. The van der Waals surface area contributed by atoms with Gasteiger partial charge < -0.3 is 9.32 Å². The van der Waals surface area contributed by atoms with Crippen molar-refractivity contribution in [2.24, 2.45) is 0 Å². The largest absolute Gasteiger partial charge is 0.439 e. The van der Waals surface area contributed by atoms with Crippen LogP contribution in [0.15, 0.2) is 28.9 Å². The molecule has 6 nitrogen and oxygen atoms in total. The number of benzene rings is 1. The van der Waals surface area contributed by atoms with Gasteiger partial charge in [-0.25, -0.2) is 23.7 Å². The molecule has 1 aliphatic rings. The number of nitrogens with zero attached hydrogens (tertiary/aromatic N) is 5. The summed E-state index contributed by atoms with van der Waals surface area (Å²) < 4.78 is 31.9. The molecule has 142 valence electrons. The van der Waals surface area contributed by atoms with Crippen LogP contribution in [-0.2, 0) is 6.54 Å². The molecule has 0 spiro atoms. The molecule has 1 aromatic carbocycles. The minimum absolute atomic E-state index is 0.106. The van der Waals surface area contributed by atoms with Crippen molar-refractivity contribution in [2.75, 3.05) is 31.1 Å². The maximum absolute atomic E-state index is 13.1. The lowest BCUT2D eigenvalue weighted by atomic mass is 10.2. The normalized spacial score (nSPS) is 15.8. The number of rotatable bonds is 4. The Morgan fingerprint density at radius 1 is 1.11 bits per heavy atom. The lowest BCUT2D eigenvalue weighted by Gasteiger charge is -2.35. The third-order valence-electron chi connectivity index (χ3n) is 5.07. The van der Waals surface area contributed by atoms with Crippen molar-refractivity contribution in [2.45, 2.75) is 26.8 Å². The first-order valence-electron chi connectivity index (χ1n) is 8.95. The molecule has 0 bridgehead atoms. The quantitative estimate of drug-likeness (QED) is 0.698. The number of hydrogen-bond donors (Lipinski definition) is 0. The molecule has 0 atom stereocenters. The zero-order valence-corrected chi connectivity index (χ0v) is 15.3. The average Bonchev–Trinajstić information content (AvgIpc) is 3.07. The van der Waals surface area contributed by atoms with Crippen LogP contribution < -0.4 is 4.90 Å². The standard InChI is InChI=1S/C19H21F2N5O/c1-12-13(2)22-11-23-19(12)26-8-6-25(7-9-26)10-16-24-15-5-3-4-14(18(20)21)17(15)27-16/h3-5,11,18H,6-10H2,1-2H3. The maximum atomic E-state index is 13.1. The minimum atomic E-state index is -2.57. The highest BCUT2D eigenvalue weighted by atomic mass is 19.3. The summed E-state index contributed by atoms with van der Waals surface area (Å²) in [4.78, 5) is 17.5. The molecule has 4 rings (SSSR count). The van der Waals surface area contributed by atoms with Crippen molar-refractivity contribution in [1.82, 2.24) is 19.9 Å². The van der Waals surface area contributed by atoms with E-state index in [1.807, 2.05) is 13.8 Å². The van der Waals surface area contributed by atoms with Gasteiger partial charge in [-0.15, -0.1) is 0 Å². The number of anilines is 1. The molecule has 0 aliphatic carbocycles. The van der Waals surface area contributed by atoms with Gasteiger partial charge in [0.2, 0.25) is 5.89 Å². The Balaban J connectivity index is 1.44. The van der Waals surface area contributed by atoms with E-state index in [2.05, 4.69) is 24.8 Å². The van der Waals surface area contributed by atoms with E-state index < -0.39 is 6.43 Å². The van der Waals surface area contributed by atoms with E-state index in [1.165, 1.54) is 6.07 Å². The number of aryl methyl sites for hydroxylation is 1. The van der Waals surface area contributed by atoms with Gasteiger partial charge in [-0.3, -0.25) is 4.90 Å². The van der Waals surface area contributed by atoms with Crippen LogP contribution in [0.5, 0.6) is 0 Å². The van der Waals surface area contributed by atoms with Gasteiger partial charge in [-0.1, -0.05) is 6.07 Å². The Morgan fingerprint density at radius 3 is 2.63 bits per heavy atom. The minimum Gasteiger partial charge on any atom is -0.439 e. The molecule has 1 fully saturated rings. The van der Waals surface area contributed by atoms with Gasteiger partial charge in [-0.2, -0.15) is 0 Å². The van der Waals surface area contributed by atoms with Crippen molar-refractivity contribution < 1.29 is 13.2 Å². The van der Waals surface area contributed by atoms with Crippen LogP contribution in [0.2, 0.25) is 0 Å². The second-order valence-electron chi connectivity index (χ2n) is 6.77. The molecule has 3 heterocycles. The lowest BCUT2D eigenvalue weighted by molar-refractivity contribution is 0.151. The third-order valence-corrected chi connectivity index (χ3v) is 5.07. The third kappa shape index (κ3) is 3.49. The summed E-state index contributed by atoms with van der Waals surface area (Å²) in [5, 5.41) is 0. The summed E-state index contributed by atoms with van der Waals surface area (Å²) in [7, 11) is 0. The molecule has 0 saturated carbocycles. The average molecular weight is 373 g/mol. The number of halogens is 2. The van der Waals surface area contributed by atoms with Crippen LogP contribution in [0.25, 0.3) is 11.1 Å². The van der Waals surface area contributed by atoms with Gasteiger partial charge in [-0.05, 0) is 26.0 Å². The number of aromatic nitrogens is 3. The van der Waals surface area contributed by atoms with Gasteiger partial charge in [0.25, 0.3) is 6.43 Å². The summed E-state index contributed by atoms with van der Waals surface area (Å²) in [6.07, 6.45) is -0.972. The smallest absolute Gasteiger partial charge is 0.267 e. The maximum Gasteiger partial charge on any atom is 0.267 e. The van der Waals surface area contributed by atoms with Gasteiger partial charge in [0.05, 0.1) is 12.1 Å².